The van der Waals surface area contributed by atoms with Gasteiger partial charge in [-0.2, -0.15) is 0 Å². The van der Waals surface area contributed by atoms with Gasteiger partial charge in [0.05, 0.1) is 5.69 Å². The third-order valence-electron chi connectivity index (χ3n) is 6.09. The second kappa shape index (κ2) is 7.09. The number of ether oxygens (including phenoxy) is 1. The predicted octanol–water partition coefficient (Wildman–Crippen LogP) is 3.08. The standard InChI is InChI=1S/C21H26N6O2/c1-14-23-18(13-25(14)2)17-12-16-19(6-7-22-20(16)24-17)26-8-10-27(11-9-26)21(28)29-15-4-3-5-15/h6-7,12-13,15H,3-5,8-11H2,1-2H3,(H,22,24). The molecule has 152 valence electrons. The van der Waals surface area contributed by atoms with E-state index in [1.54, 1.807) is 0 Å². The average Bonchev–Trinajstić information content (AvgIpc) is 3.28. The van der Waals surface area contributed by atoms with Crippen molar-refractivity contribution >= 4 is 22.8 Å². The number of amides is 1. The summed E-state index contributed by atoms with van der Waals surface area (Å²) in [6.07, 6.45) is 7.00. The normalized spacial score (nSPS) is 17.6. The summed E-state index contributed by atoms with van der Waals surface area (Å²) in [5.74, 6) is 0.969. The lowest BCUT2D eigenvalue weighted by molar-refractivity contribution is 0.0260. The molecular formula is C21H26N6O2. The number of anilines is 1. The number of hydrogen-bond acceptors (Lipinski definition) is 5. The van der Waals surface area contributed by atoms with E-state index in [2.05, 4.69) is 25.9 Å². The van der Waals surface area contributed by atoms with Crippen molar-refractivity contribution < 1.29 is 9.53 Å². The van der Waals surface area contributed by atoms with Crippen molar-refractivity contribution in [3.8, 4) is 11.4 Å². The van der Waals surface area contributed by atoms with Crippen LogP contribution < -0.4 is 4.90 Å². The first-order chi connectivity index (χ1) is 14.1. The molecule has 3 aromatic heterocycles. The fourth-order valence-electron chi connectivity index (χ4n) is 3.95. The van der Waals surface area contributed by atoms with Gasteiger partial charge in [-0.15, -0.1) is 0 Å². The largest absolute Gasteiger partial charge is 0.446 e. The van der Waals surface area contributed by atoms with E-state index in [4.69, 9.17) is 4.74 Å². The summed E-state index contributed by atoms with van der Waals surface area (Å²) in [6.45, 7) is 4.90. The van der Waals surface area contributed by atoms with Gasteiger partial charge in [-0.25, -0.2) is 14.8 Å². The number of carbonyl (C=O) groups is 1. The molecular weight excluding hydrogens is 368 g/mol. The molecule has 1 aliphatic heterocycles. The van der Waals surface area contributed by atoms with Gasteiger partial charge in [-0.1, -0.05) is 0 Å². The van der Waals surface area contributed by atoms with Crippen molar-refractivity contribution in [3.63, 3.8) is 0 Å². The molecule has 8 nitrogen and oxygen atoms in total. The van der Waals surface area contributed by atoms with Crippen LogP contribution in [0.5, 0.6) is 0 Å². The molecule has 1 N–H and O–H groups in total. The maximum absolute atomic E-state index is 12.3. The van der Waals surface area contributed by atoms with Crippen LogP contribution in [0.25, 0.3) is 22.4 Å². The summed E-state index contributed by atoms with van der Waals surface area (Å²) in [5.41, 5.74) is 3.87. The molecule has 2 aliphatic rings. The number of carbonyl (C=O) groups excluding carboxylic acids is 1. The van der Waals surface area contributed by atoms with Gasteiger partial charge >= 0.3 is 6.09 Å². The van der Waals surface area contributed by atoms with E-state index in [1.165, 1.54) is 6.42 Å². The van der Waals surface area contributed by atoms with Gasteiger partial charge in [-0.05, 0) is 38.3 Å². The Balaban J connectivity index is 1.33. The van der Waals surface area contributed by atoms with Gasteiger partial charge < -0.3 is 24.1 Å². The van der Waals surface area contributed by atoms with Crippen LogP contribution in [0.4, 0.5) is 10.5 Å². The molecule has 1 saturated carbocycles. The average molecular weight is 394 g/mol. The van der Waals surface area contributed by atoms with Crippen molar-refractivity contribution in [2.75, 3.05) is 31.1 Å². The highest BCUT2D eigenvalue weighted by Crippen LogP contribution is 2.31. The molecule has 3 aromatic rings. The number of hydrogen-bond donors (Lipinski definition) is 1. The minimum absolute atomic E-state index is 0.133. The maximum Gasteiger partial charge on any atom is 0.410 e. The lowest BCUT2D eigenvalue weighted by Gasteiger charge is -2.37. The summed E-state index contributed by atoms with van der Waals surface area (Å²) in [4.78, 5) is 29.0. The van der Waals surface area contributed by atoms with Gasteiger partial charge in [-0.3, -0.25) is 0 Å². The Morgan fingerprint density at radius 2 is 2.03 bits per heavy atom. The monoisotopic (exact) mass is 394 g/mol. The van der Waals surface area contributed by atoms with Crippen molar-refractivity contribution in [2.45, 2.75) is 32.3 Å². The molecule has 2 fully saturated rings. The number of fused-ring (bicyclic) bond motifs is 1. The summed E-state index contributed by atoms with van der Waals surface area (Å²) < 4.78 is 7.56. The van der Waals surface area contributed by atoms with Crippen molar-refractivity contribution in [2.24, 2.45) is 7.05 Å². The van der Waals surface area contributed by atoms with Gasteiger partial charge in [0, 0.05) is 56.7 Å². The smallest absolute Gasteiger partial charge is 0.410 e. The third kappa shape index (κ3) is 3.32. The van der Waals surface area contributed by atoms with Crippen molar-refractivity contribution in [3.05, 3.63) is 30.4 Å². The molecule has 0 aromatic carbocycles. The van der Waals surface area contributed by atoms with E-state index in [1.807, 2.05) is 41.9 Å². The molecule has 1 saturated heterocycles. The molecule has 0 unspecified atom stereocenters. The zero-order valence-corrected chi connectivity index (χ0v) is 16.9. The second-order valence-electron chi connectivity index (χ2n) is 7.97. The number of nitrogens with one attached hydrogen (secondary N) is 1. The Labute approximate surface area is 169 Å². The van der Waals surface area contributed by atoms with Crippen molar-refractivity contribution in [1.82, 2.24) is 24.4 Å². The Morgan fingerprint density at radius 1 is 1.24 bits per heavy atom. The Hall–Kier alpha value is -3.03. The van der Waals surface area contributed by atoms with Crippen LogP contribution in [-0.2, 0) is 11.8 Å². The Bertz CT molecular complexity index is 1020. The summed E-state index contributed by atoms with van der Waals surface area (Å²) in [6, 6.07) is 4.17. The number of rotatable bonds is 3. The van der Waals surface area contributed by atoms with E-state index in [-0.39, 0.29) is 12.2 Å². The number of pyridine rings is 1. The molecule has 8 heteroatoms. The zero-order valence-electron chi connectivity index (χ0n) is 16.9. The molecule has 4 heterocycles. The molecule has 0 spiro atoms. The molecule has 0 atom stereocenters. The van der Waals surface area contributed by atoms with E-state index in [0.717, 1.165) is 59.9 Å². The van der Waals surface area contributed by atoms with Crippen LogP contribution in [0, 0.1) is 6.92 Å². The minimum Gasteiger partial charge on any atom is -0.446 e. The van der Waals surface area contributed by atoms with Gasteiger partial charge in [0.15, 0.2) is 0 Å². The van der Waals surface area contributed by atoms with Crippen LogP contribution in [0.2, 0.25) is 0 Å². The summed E-state index contributed by atoms with van der Waals surface area (Å²) in [5, 5.41) is 1.08. The lowest BCUT2D eigenvalue weighted by Crippen LogP contribution is -2.49. The fourth-order valence-corrected chi connectivity index (χ4v) is 3.95. The van der Waals surface area contributed by atoms with Crippen LogP contribution in [-0.4, -0.2) is 62.8 Å². The van der Waals surface area contributed by atoms with E-state index >= 15 is 0 Å². The topological polar surface area (TPSA) is 79.3 Å². The third-order valence-corrected chi connectivity index (χ3v) is 6.09. The van der Waals surface area contributed by atoms with Gasteiger partial charge in [0.25, 0.3) is 0 Å². The molecule has 5 rings (SSSR count). The number of aromatic nitrogens is 4. The summed E-state index contributed by atoms with van der Waals surface area (Å²) in [7, 11) is 1.99. The number of aromatic amines is 1. The minimum atomic E-state index is -0.163. The van der Waals surface area contributed by atoms with E-state index in [0.29, 0.717) is 13.1 Å². The first-order valence-electron chi connectivity index (χ1n) is 10.3. The van der Waals surface area contributed by atoms with E-state index in [9.17, 15) is 4.79 Å². The highest BCUT2D eigenvalue weighted by Gasteiger charge is 2.28. The lowest BCUT2D eigenvalue weighted by atomic mass is 9.96. The van der Waals surface area contributed by atoms with Gasteiger partial charge in [0.2, 0.25) is 0 Å². The first kappa shape index (κ1) is 18.0. The quantitative estimate of drug-likeness (QED) is 0.739. The van der Waals surface area contributed by atoms with Crippen LogP contribution in [0.15, 0.2) is 24.5 Å². The second-order valence-corrected chi connectivity index (χ2v) is 7.97. The first-order valence-corrected chi connectivity index (χ1v) is 10.3. The highest BCUT2D eigenvalue weighted by atomic mass is 16.6. The Kier molecular flexibility index (Phi) is 4.41. The molecule has 1 aliphatic carbocycles. The van der Waals surface area contributed by atoms with Crippen LogP contribution >= 0.6 is 0 Å². The number of piperazine rings is 1. The van der Waals surface area contributed by atoms with Crippen LogP contribution in [0.3, 0.4) is 0 Å². The number of nitrogens with zero attached hydrogens (tertiary/aromatic N) is 5. The number of H-pyrrole nitrogens is 1. The molecule has 0 bridgehead atoms. The zero-order chi connectivity index (χ0) is 20.0. The van der Waals surface area contributed by atoms with Crippen molar-refractivity contribution in [1.29, 1.82) is 0 Å². The van der Waals surface area contributed by atoms with Gasteiger partial charge in [0.1, 0.15) is 23.3 Å². The highest BCUT2D eigenvalue weighted by molar-refractivity contribution is 5.93. The van der Waals surface area contributed by atoms with E-state index < -0.39 is 0 Å². The van der Waals surface area contributed by atoms with Crippen LogP contribution in [0.1, 0.15) is 25.1 Å². The molecule has 29 heavy (non-hydrogen) atoms. The summed E-state index contributed by atoms with van der Waals surface area (Å²) >= 11 is 0. The number of imidazole rings is 1. The number of aryl methyl sites for hydroxylation is 2. The Morgan fingerprint density at radius 3 is 2.69 bits per heavy atom. The molecule has 0 radical (unpaired) electrons. The maximum atomic E-state index is 12.3. The molecule has 1 amide bonds. The predicted molar refractivity (Wildman–Crippen MR) is 111 cm³/mol. The SMILES string of the molecule is Cc1nc(-c2cc3c(N4CCN(C(=O)OC5CCC5)CC4)ccnc3[nH]2)cn1C. The fraction of sp³-hybridized carbons (Fsp3) is 0.476.